The molecule has 5 heterocycles. The molecule has 0 N–H and O–H groups in total. The van der Waals surface area contributed by atoms with Crippen molar-refractivity contribution in [3.63, 3.8) is 0 Å². The van der Waals surface area contributed by atoms with E-state index in [0.717, 1.165) is 37.2 Å². The highest BCUT2D eigenvalue weighted by molar-refractivity contribution is 6.06. The first-order valence-electron chi connectivity index (χ1n) is 10.4. The molecule has 1 saturated carbocycles. The molecule has 4 saturated heterocycles. The zero-order chi connectivity index (χ0) is 18.3. The average molecular weight is 366 g/mol. The normalized spacial score (nSPS) is 43.0. The van der Waals surface area contributed by atoms with E-state index < -0.39 is 5.41 Å². The molecular formula is C22H26N2O3. The minimum atomic E-state index is -0.553. The maximum atomic E-state index is 13.8. The zero-order valence-electron chi connectivity index (χ0n) is 15.8. The Morgan fingerprint density at radius 3 is 2.93 bits per heavy atom. The Balaban J connectivity index is 1.64. The molecule has 4 bridgehead atoms. The van der Waals surface area contributed by atoms with Crippen LogP contribution >= 0.6 is 0 Å². The second kappa shape index (κ2) is 5.42. The number of fused-ring (bicyclic) bond motifs is 6. The Morgan fingerprint density at radius 1 is 1.19 bits per heavy atom. The van der Waals surface area contributed by atoms with Crippen LogP contribution in [0.4, 0.5) is 5.69 Å². The van der Waals surface area contributed by atoms with Crippen LogP contribution in [-0.2, 0) is 19.7 Å². The Bertz CT molecular complexity index is 839. The largest absolute Gasteiger partial charge is 0.377 e. The number of anilines is 1. The number of ketones is 1. The van der Waals surface area contributed by atoms with E-state index in [-0.39, 0.29) is 24.0 Å². The van der Waals surface area contributed by atoms with Gasteiger partial charge in [-0.05, 0) is 49.9 Å². The van der Waals surface area contributed by atoms with Crippen molar-refractivity contribution in [3.8, 4) is 0 Å². The maximum absolute atomic E-state index is 13.8. The Hall–Kier alpha value is -1.72. The number of nitrogens with zero attached hydrogens (tertiary/aromatic N) is 2. The van der Waals surface area contributed by atoms with Crippen molar-refractivity contribution >= 4 is 17.4 Å². The third-order valence-electron chi connectivity index (χ3n) is 8.14. The molecule has 1 aromatic carbocycles. The van der Waals surface area contributed by atoms with E-state index in [1.165, 1.54) is 0 Å². The summed E-state index contributed by atoms with van der Waals surface area (Å²) in [5, 5.41) is 0. The van der Waals surface area contributed by atoms with Crippen LogP contribution in [-0.4, -0.2) is 55.5 Å². The lowest BCUT2D eigenvalue weighted by molar-refractivity contribution is -0.141. The van der Waals surface area contributed by atoms with Crippen molar-refractivity contribution in [3.05, 3.63) is 29.8 Å². The smallest absolute Gasteiger partial charge is 0.229 e. The van der Waals surface area contributed by atoms with Crippen LogP contribution in [0.3, 0.4) is 0 Å². The van der Waals surface area contributed by atoms with E-state index in [1.807, 2.05) is 23.1 Å². The number of carbonyl (C=O) groups excluding carboxylic acids is 2. The van der Waals surface area contributed by atoms with Crippen LogP contribution < -0.4 is 4.90 Å². The summed E-state index contributed by atoms with van der Waals surface area (Å²) < 4.78 is 6.28. The summed E-state index contributed by atoms with van der Waals surface area (Å²) in [6, 6.07) is 8.10. The molecule has 6 aliphatic rings. The van der Waals surface area contributed by atoms with Crippen LogP contribution in [0.25, 0.3) is 0 Å². The highest BCUT2D eigenvalue weighted by atomic mass is 16.5. The summed E-state index contributed by atoms with van der Waals surface area (Å²) in [7, 11) is 2.18. The van der Waals surface area contributed by atoms with Crippen molar-refractivity contribution in [2.75, 3.05) is 31.6 Å². The molecule has 0 aromatic heterocycles. The molecule has 5 aliphatic heterocycles. The topological polar surface area (TPSA) is 49.9 Å². The van der Waals surface area contributed by atoms with E-state index in [0.29, 0.717) is 37.1 Å². The quantitative estimate of drug-likeness (QED) is 0.705. The van der Waals surface area contributed by atoms with Gasteiger partial charge in [0, 0.05) is 31.2 Å². The minimum Gasteiger partial charge on any atom is -0.377 e. The molecule has 1 amide bonds. The van der Waals surface area contributed by atoms with Gasteiger partial charge in [0.2, 0.25) is 5.91 Å². The first-order valence-corrected chi connectivity index (χ1v) is 10.4. The highest BCUT2D eigenvalue weighted by Gasteiger charge is 2.67. The van der Waals surface area contributed by atoms with Gasteiger partial charge in [0.15, 0.2) is 0 Å². The van der Waals surface area contributed by atoms with Crippen molar-refractivity contribution in [2.24, 2.45) is 17.8 Å². The van der Waals surface area contributed by atoms with Gasteiger partial charge in [0.25, 0.3) is 0 Å². The Kier molecular flexibility index (Phi) is 3.26. The predicted octanol–water partition coefficient (Wildman–Crippen LogP) is 1.99. The molecule has 0 radical (unpaired) electrons. The number of benzene rings is 1. The second-order valence-electron chi connectivity index (χ2n) is 9.24. The lowest BCUT2D eigenvalue weighted by Crippen LogP contribution is -2.66. The Labute approximate surface area is 159 Å². The van der Waals surface area contributed by atoms with Crippen LogP contribution in [0.5, 0.6) is 0 Å². The van der Waals surface area contributed by atoms with E-state index in [2.05, 4.69) is 18.0 Å². The third-order valence-corrected chi connectivity index (χ3v) is 8.14. The molecule has 1 aromatic rings. The van der Waals surface area contributed by atoms with Gasteiger partial charge < -0.3 is 14.5 Å². The van der Waals surface area contributed by atoms with Crippen LogP contribution in [0, 0.1) is 17.8 Å². The van der Waals surface area contributed by atoms with E-state index in [1.54, 1.807) is 0 Å². The first kappa shape index (κ1) is 16.3. The summed E-state index contributed by atoms with van der Waals surface area (Å²) in [5.41, 5.74) is 1.51. The molecule has 5 fully saturated rings. The number of para-hydroxylation sites is 1. The molecule has 1 spiro atoms. The molecular weight excluding hydrogens is 340 g/mol. The minimum absolute atomic E-state index is 0.0288. The van der Waals surface area contributed by atoms with Gasteiger partial charge in [-0.25, -0.2) is 0 Å². The molecule has 27 heavy (non-hydrogen) atoms. The summed E-state index contributed by atoms with van der Waals surface area (Å²) in [6.45, 7) is 2.65. The zero-order valence-corrected chi connectivity index (χ0v) is 15.8. The van der Waals surface area contributed by atoms with E-state index in [4.69, 9.17) is 4.74 Å². The fourth-order valence-electron chi connectivity index (χ4n) is 7.09. The third kappa shape index (κ3) is 1.92. The van der Waals surface area contributed by atoms with Gasteiger partial charge in [-0.2, -0.15) is 0 Å². The maximum Gasteiger partial charge on any atom is 0.229 e. The van der Waals surface area contributed by atoms with Crippen molar-refractivity contribution in [1.29, 1.82) is 0 Å². The fourth-order valence-corrected chi connectivity index (χ4v) is 7.09. The van der Waals surface area contributed by atoms with Crippen LogP contribution in [0.1, 0.15) is 31.2 Å². The molecule has 1 unspecified atom stereocenters. The van der Waals surface area contributed by atoms with Gasteiger partial charge in [0.05, 0.1) is 24.0 Å². The van der Waals surface area contributed by atoms with Crippen molar-refractivity contribution < 1.29 is 14.3 Å². The van der Waals surface area contributed by atoms with Gasteiger partial charge >= 0.3 is 0 Å². The number of rotatable bonds is 0. The van der Waals surface area contributed by atoms with Gasteiger partial charge in [-0.3, -0.25) is 9.59 Å². The number of carbonyl (C=O) groups is 2. The molecule has 7 rings (SSSR count). The Morgan fingerprint density at radius 2 is 2.04 bits per heavy atom. The number of amides is 1. The summed E-state index contributed by atoms with van der Waals surface area (Å²) in [5.74, 6) is 1.57. The summed E-state index contributed by atoms with van der Waals surface area (Å²) in [6.07, 6.45) is 2.88. The highest BCUT2D eigenvalue weighted by Crippen LogP contribution is 2.60. The monoisotopic (exact) mass is 366 g/mol. The molecule has 142 valence electrons. The standard InChI is InChI=1S/C22H26N2O3/c1-23-8-7-22-15-4-2-3-5-16(15)24-19(26)11-17-20(21(22)24)14(10-18(22)25)13(12-23)6-9-27-17/h2-5,13-14,17,20-21H,6-12H2,1H3/t13?,14-,17-,20-,21-,22+/m0/s1. The predicted molar refractivity (Wildman–Crippen MR) is 101 cm³/mol. The summed E-state index contributed by atoms with van der Waals surface area (Å²) in [4.78, 5) is 31.4. The number of Topliss-reactive ketones (excluding diaryl/α,β-unsaturated/α-hetero) is 1. The molecule has 5 heteroatoms. The van der Waals surface area contributed by atoms with Gasteiger partial charge in [-0.1, -0.05) is 18.2 Å². The lowest BCUT2D eigenvalue weighted by Gasteiger charge is -2.53. The van der Waals surface area contributed by atoms with Gasteiger partial charge in [-0.15, -0.1) is 0 Å². The molecule has 5 nitrogen and oxygen atoms in total. The van der Waals surface area contributed by atoms with Crippen LogP contribution in [0.2, 0.25) is 0 Å². The lowest BCUT2D eigenvalue weighted by atomic mass is 9.54. The van der Waals surface area contributed by atoms with Gasteiger partial charge in [0.1, 0.15) is 5.78 Å². The number of ether oxygens (including phenoxy) is 1. The number of piperidine rings is 1. The van der Waals surface area contributed by atoms with E-state index in [9.17, 15) is 9.59 Å². The van der Waals surface area contributed by atoms with Crippen LogP contribution in [0.15, 0.2) is 24.3 Å². The molecule has 6 atom stereocenters. The van der Waals surface area contributed by atoms with E-state index >= 15 is 0 Å². The number of hydrogen-bond acceptors (Lipinski definition) is 4. The first-order chi connectivity index (χ1) is 13.1. The SMILES string of the molecule is CN1CC[C@]23C(=O)C[C@H]4C(CCO[C@H]5CC(=O)N(c6ccccc62)[C@H]3[C@H]54)C1. The average Bonchev–Trinajstić information content (AvgIpc) is 2.90. The second-order valence-corrected chi connectivity index (χ2v) is 9.24. The fraction of sp³-hybridized carbons (Fsp3) is 0.636. The van der Waals surface area contributed by atoms with Crippen molar-refractivity contribution in [1.82, 2.24) is 4.90 Å². The number of hydrogen-bond donors (Lipinski definition) is 0. The molecule has 1 aliphatic carbocycles. The van der Waals surface area contributed by atoms with Crippen molar-refractivity contribution in [2.45, 2.75) is 43.2 Å². The summed E-state index contributed by atoms with van der Waals surface area (Å²) >= 11 is 0.